The molecule has 4 heteroatoms. The molecule has 1 aliphatic rings. The van der Waals surface area contributed by atoms with Gasteiger partial charge in [0, 0.05) is 30.9 Å². The van der Waals surface area contributed by atoms with Crippen LogP contribution in [0.2, 0.25) is 0 Å². The Morgan fingerprint density at radius 3 is 2.57 bits per heavy atom. The molecule has 2 rings (SSSR count). The number of likely N-dealkylation sites (N-methyl/N-ethyl adjacent to an activating group) is 1. The van der Waals surface area contributed by atoms with Gasteiger partial charge >= 0.3 is 0 Å². The van der Waals surface area contributed by atoms with E-state index in [0.29, 0.717) is 6.04 Å². The number of rotatable bonds is 6. The Labute approximate surface area is 129 Å². The van der Waals surface area contributed by atoms with Crippen molar-refractivity contribution < 1.29 is 0 Å². The molecule has 1 aromatic rings. The zero-order valence-electron chi connectivity index (χ0n) is 14.2. The monoisotopic (exact) mass is 292 g/mol. The third kappa shape index (κ3) is 3.67. The first-order chi connectivity index (χ1) is 10.0. The molecule has 0 atom stereocenters. The lowest BCUT2D eigenvalue weighted by Crippen LogP contribution is -2.55. The molecule has 21 heavy (non-hydrogen) atoms. The van der Waals surface area contributed by atoms with Gasteiger partial charge in [-0.1, -0.05) is 13.8 Å². The molecule has 0 unspecified atom stereocenters. The predicted octanol–water partition coefficient (Wildman–Crippen LogP) is 3.19. The lowest BCUT2D eigenvalue weighted by Gasteiger charge is -2.46. The third-order valence-corrected chi connectivity index (χ3v) is 5.18. The second-order valence-corrected chi connectivity index (χ2v) is 7.01. The normalized spacial score (nSPS) is 26.7. The van der Waals surface area contributed by atoms with Crippen molar-refractivity contribution in [2.45, 2.75) is 71.5 Å². The highest BCUT2D eigenvalue weighted by atomic mass is 15.3. The van der Waals surface area contributed by atoms with Crippen molar-refractivity contribution in [2.24, 2.45) is 11.7 Å². The molecule has 1 fully saturated rings. The van der Waals surface area contributed by atoms with Crippen LogP contribution in [0, 0.1) is 5.92 Å². The van der Waals surface area contributed by atoms with Gasteiger partial charge in [-0.25, -0.2) is 0 Å². The molecule has 0 aliphatic heterocycles. The highest BCUT2D eigenvalue weighted by molar-refractivity contribution is 5.03. The number of nitrogens with zero attached hydrogens (tertiary/aromatic N) is 3. The van der Waals surface area contributed by atoms with Gasteiger partial charge in [-0.2, -0.15) is 5.10 Å². The van der Waals surface area contributed by atoms with E-state index in [-0.39, 0.29) is 5.54 Å². The molecule has 1 aliphatic carbocycles. The standard InChI is InChI=1S/C17H32N4/c1-5-20(12-16-8-11-21(19-16)14(2)3)17(13-18)9-6-15(4)7-10-17/h8,11,14-15H,5-7,9-10,12-13,18H2,1-4H3. The summed E-state index contributed by atoms with van der Waals surface area (Å²) in [5.74, 6) is 0.850. The smallest absolute Gasteiger partial charge is 0.0765 e. The van der Waals surface area contributed by atoms with Gasteiger partial charge in [-0.15, -0.1) is 0 Å². The summed E-state index contributed by atoms with van der Waals surface area (Å²) < 4.78 is 2.04. The minimum Gasteiger partial charge on any atom is -0.329 e. The molecule has 0 spiro atoms. The van der Waals surface area contributed by atoms with Crippen molar-refractivity contribution in [3.05, 3.63) is 18.0 Å². The highest BCUT2D eigenvalue weighted by Crippen LogP contribution is 2.36. The van der Waals surface area contributed by atoms with Crippen LogP contribution in [0.25, 0.3) is 0 Å². The second kappa shape index (κ2) is 6.93. The number of hydrogen-bond donors (Lipinski definition) is 1. The molecule has 120 valence electrons. The summed E-state index contributed by atoms with van der Waals surface area (Å²) in [7, 11) is 0. The van der Waals surface area contributed by atoms with Crippen LogP contribution in [0.3, 0.4) is 0 Å². The van der Waals surface area contributed by atoms with Gasteiger partial charge in [-0.3, -0.25) is 9.58 Å². The van der Waals surface area contributed by atoms with Crippen LogP contribution in [-0.2, 0) is 6.54 Å². The molecule has 1 saturated carbocycles. The van der Waals surface area contributed by atoms with Gasteiger partial charge < -0.3 is 5.73 Å². The van der Waals surface area contributed by atoms with Gasteiger partial charge in [-0.05, 0) is 58.1 Å². The molecular formula is C17H32N4. The molecule has 1 heterocycles. The molecule has 0 amide bonds. The second-order valence-electron chi connectivity index (χ2n) is 7.01. The Bertz CT molecular complexity index is 430. The van der Waals surface area contributed by atoms with Gasteiger partial charge in [0.05, 0.1) is 5.69 Å². The van der Waals surface area contributed by atoms with Crippen molar-refractivity contribution in [3.63, 3.8) is 0 Å². The largest absolute Gasteiger partial charge is 0.329 e. The lowest BCUT2D eigenvalue weighted by molar-refractivity contribution is 0.0412. The Hall–Kier alpha value is -0.870. The minimum atomic E-state index is 0.183. The van der Waals surface area contributed by atoms with Crippen molar-refractivity contribution >= 4 is 0 Å². The summed E-state index contributed by atoms with van der Waals surface area (Å²) in [6.45, 7) is 11.7. The first-order valence-electron chi connectivity index (χ1n) is 8.50. The molecule has 2 N–H and O–H groups in total. The first-order valence-corrected chi connectivity index (χ1v) is 8.50. The maximum atomic E-state index is 6.20. The van der Waals surface area contributed by atoms with Crippen LogP contribution >= 0.6 is 0 Å². The van der Waals surface area contributed by atoms with Crippen molar-refractivity contribution in [1.29, 1.82) is 0 Å². The van der Waals surface area contributed by atoms with E-state index in [1.807, 2.05) is 4.68 Å². The van der Waals surface area contributed by atoms with E-state index in [2.05, 4.69) is 44.9 Å². The van der Waals surface area contributed by atoms with Crippen LogP contribution < -0.4 is 5.73 Å². The molecule has 4 nitrogen and oxygen atoms in total. The zero-order valence-corrected chi connectivity index (χ0v) is 14.2. The Morgan fingerprint density at radius 1 is 1.43 bits per heavy atom. The van der Waals surface area contributed by atoms with E-state index in [1.165, 1.54) is 25.7 Å². The number of nitrogens with two attached hydrogens (primary N) is 1. The zero-order chi connectivity index (χ0) is 15.5. The van der Waals surface area contributed by atoms with Crippen molar-refractivity contribution in [3.8, 4) is 0 Å². The summed E-state index contributed by atoms with van der Waals surface area (Å²) >= 11 is 0. The van der Waals surface area contributed by atoms with Crippen LogP contribution in [0.15, 0.2) is 12.3 Å². The summed E-state index contributed by atoms with van der Waals surface area (Å²) in [4.78, 5) is 2.56. The predicted molar refractivity (Wildman–Crippen MR) is 88.1 cm³/mol. The van der Waals surface area contributed by atoms with Crippen molar-refractivity contribution in [2.75, 3.05) is 13.1 Å². The van der Waals surface area contributed by atoms with Crippen LogP contribution in [0.1, 0.15) is 65.1 Å². The van der Waals surface area contributed by atoms with Gasteiger partial charge in [0.1, 0.15) is 0 Å². The van der Waals surface area contributed by atoms with Crippen LogP contribution in [0.4, 0.5) is 0 Å². The SMILES string of the molecule is CCN(Cc1ccn(C(C)C)n1)C1(CN)CCC(C)CC1. The minimum absolute atomic E-state index is 0.183. The summed E-state index contributed by atoms with van der Waals surface area (Å²) in [6.07, 6.45) is 7.14. The van der Waals surface area contributed by atoms with Crippen LogP contribution in [0.5, 0.6) is 0 Å². The van der Waals surface area contributed by atoms with E-state index in [1.54, 1.807) is 0 Å². The van der Waals surface area contributed by atoms with Gasteiger partial charge in [0.25, 0.3) is 0 Å². The number of aromatic nitrogens is 2. The summed E-state index contributed by atoms with van der Waals surface area (Å²) in [5.41, 5.74) is 7.55. The van der Waals surface area contributed by atoms with E-state index in [4.69, 9.17) is 10.8 Å². The summed E-state index contributed by atoms with van der Waals surface area (Å²) in [6, 6.07) is 2.58. The quantitative estimate of drug-likeness (QED) is 0.876. The Morgan fingerprint density at radius 2 is 2.10 bits per heavy atom. The fourth-order valence-electron chi connectivity index (χ4n) is 3.51. The Kier molecular flexibility index (Phi) is 5.44. The topological polar surface area (TPSA) is 47.1 Å². The van der Waals surface area contributed by atoms with E-state index in [9.17, 15) is 0 Å². The average Bonchev–Trinajstić information content (AvgIpc) is 2.95. The number of hydrogen-bond acceptors (Lipinski definition) is 3. The maximum Gasteiger partial charge on any atom is 0.0765 e. The third-order valence-electron chi connectivity index (χ3n) is 5.18. The molecule has 0 bridgehead atoms. The molecule has 0 aromatic carbocycles. The molecule has 0 saturated heterocycles. The summed E-state index contributed by atoms with van der Waals surface area (Å²) in [5, 5.41) is 4.71. The average molecular weight is 292 g/mol. The van der Waals surface area contributed by atoms with Gasteiger partial charge in [0.2, 0.25) is 0 Å². The Balaban J connectivity index is 2.10. The van der Waals surface area contributed by atoms with Gasteiger partial charge in [0.15, 0.2) is 0 Å². The molecule has 1 aromatic heterocycles. The van der Waals surface area contributed by atoms with E-state index >= 15 is 0 Å². The van der Waals surface area contributed by atoms with Crippen LogP contribution in [-0.4, -0.2) is 33.3 Å². The molecular weight excluding hydrogens is 260 g/mol. The lowest BCUT2D eigenvalue weighted by atomic mass is 9.76. The van der Waals surface area contributed by atoms with E-state index in [0.717, 1.165) is 31.2 Å². The fraction of sp³-hybridized carbons (Fsp3) is 0.824. The first kappa shape index (κ1) is 16.5. The molecule has 0 radical (unpaired) electrons. The van der Waals surface area contributed by atoms with Crippen molar-refractivity contribution in [1.82, 2.24) is 14.7 Å². The fourth-order valence-corrected chi connectivity index (χ4v) is 3.51. The highest BCUT2D eigenvalue weighted by Gasteiger charge is 2.37. The van der Waals surface area contributed by atoms with E-state index < -0.39 is 0 Å². The maximum absolute atomic E-state index is 6.20.